The van der Waals surface area contributed by atoms with E-state index in [1.807, 2.05) is 20.8 Å². The molecule has 12 nitrogen and oxygen atoms in total. The number of rotatable bonds is 13. The van der Waals surface area contributed by atoms with Crippen LogP contribution in [-0.4, -0.2) is 51.0 Å². The summed E-state index contributed by atoms with van der Waals surface area (Å²) in [6.07, 6.45) is 0.516. The molecule has 1 aromatic carbocycles. The molecular formula is C16H26N4O8Si. The van der Waals surface area contributed by atoms with E-state index >= 15 is 0 Å². The smallest absolute Gasteiger partial charge is 0.374 e. The molecular weight excluding hydrogens is 404 g/mol. The largest absolute Gasteiger partial charge is 0.500 e. The van der Waals surface area contributed by atoms with Crippen LogP contribution in [0.15, 0.2) is 18.2 Å². The lowest BCUT2D eigenvalue weighted by atomic mass is 10.2. The van der Waals surface area contributed by atoms with Gasteiger partial charge in [0.2, 0.25) is 0 Å². The Balaban J connectivity index is 2.65. The zero-order chi connectivity index (χ0) is 21.9. The number of nitrogens with zero attached hydrogens (tertiary/aromatic N) is 2. The molecule has 0 spiro atoms. The molecule has 0 unspecified atom stereocenters. The third kappa shape index (κ3) is 7.73. The predicted octanol–water partition coefficient (Wildman–Crippen LogP) is 3.06. The number of hydrogen-bond donors (Lipinski definition) is 2. The first-order chi connectivity index (χ1) is 13.8. The first-order valence-corrected chi connectivity index (χ1v) is 11.1. The summed E-state index contributed by atoms with van der Waals surface area (Å²) in [5, 5.41) is 26.8. The molecule has 0 atom stereocenters. The molecule has 1 aromatic rings. The van der Waals surface area contributed by atoms with Gasteiger partial charge < -0.3 is 23.9 Å². The van der Waals surface area contributed by atoms with E-state index in [-0.39, 0.29) is 12.2 Å². The normalized spacial score (nSPS) is 11.1. The maximum atomic E-state index is 12.0. The Hall–Kier alpha value is -2.61. The van der Waals surface area contributed by atoms with Crippen molar-refractivity contribution >= 4 is 31.9 Å². The van der Waals surface area contributed by atoms with Crippen LogP contribution < -0.4 is 10.6 Å². The van der Waals surface area contributed by atoms with Crippen LogP contribution in [0, 0.1) is 20.2 Å². The van der Waals surface area contributed by atoms with Crippen molar-refractivity contribution in [2.45, 2.75) is 33.2 Å². The van der Waals surface area contributed by atoms with Crippen LogP contribution in [0.1, 0.15) is 27.2 Å². The van der Waals surface area contributed by atoms with Crippen molar-refractivity contribution in [2.24, 2.45) is 0 Å². The van der Waals surface area contributed by atoms with Gasteiger partial charge in [0.05, 0.1) is 15.9 Å². The number of hydrogen-bond acceptors (Lipinski definition) is 8. The summed E-state index contributed by atoms with van der Waals surface area (Å²) < 4.78 is 17.2. The first-order valence-electron chi connectivity index (χ1n) is 9.18. The van der Waals surface area contributed by atoms with Crippen LogP contribution >= 0.6 is 0 Å². The van der Waals surface area contributed by atoms with Crippen LogP contribution in [0.2, 0.25) is 6.04 Å². The van der Waals surface area contributed by atoms with Gasteiger partial charge in [-0.1, -0.05) is 0 Å². The van der Waals surface area contributed by atoms with Gasteiger partial charge in [-0.25, -0.2) is 4.79 Å². The minimum absolute atomic E-state index is 0.139. The fourth-order valence-electron chi connectivity index (χ4n) is 2.56. The van der Waals surface area contributed by atoms with Gasteiger partial charge >= 0.3 is 14.8 Å². The van der Waals surface area contributed by atoms with Crippen LogP contribution in [0.3, 0.4) is 0 Å². The summed E-state index contributed by atoms with van der Waals surface area (Å²) in [6, 6.07) is 2.82. The average Bonchev–Trinajstić information content (AvgIpc) is 2.66. The number of amides is 2. The quantitative estimate of drug-likeness (QED) is 0.209. The zero-order valence-corrected chi connectivity index (χ0v) is 17.6. The Morgan fingerprint density at radius 1 is 1.03 bits per heavy atom. The molecule has 0 aliphatic heterocycles. The summed E-state index contributed by atoms with van der Waals surface area (Å²) in [6.45, 7) is 7.15. The highest BCUT2D eigenvalue weighted by molar-refractivity contribution is 6.60. The SMILES string of the molecule is CCO[Si](CCCNC(=O)Nc1ccc([N+](=O)[O-])cc1[N+](=O)[O-])(OCC)OCC. The van der Waals surface area contributed by atoms with E-state index < -0.39 is 36.1 Å². The molecule has 0 saturated heterocycles. The minimum atomic E-state index is -2.81. The average molecular weight is 430 g/mol. The molecule has 0 aliphatic rings. The molecule has 0 aromatic heterocycles. The molecule has 29 heavy (non-hydrogen) atoms. The fourth-order valence-corrected chi connectivity index (χ4v) is 5.18. The van der Waals surface area contributed by atoms with Crippen LogP contribution in [0.5, 0.6) is 0 Å². The highest BCUT2D eigenvalue weighted by Crippen LogP contribution is 2.28. The number of nitro groups is 2. The molecule has 0 radical (unpaired) electrons. The van der Waals surface area contributed by atoms with Gasteiger partial charge in [-0.2, -0.15) is 0 Å². The molecule has 2 amide bonds. The summed E-state index contributed by atoms with van der Waals surface area (Å²) >= 11 is 0. The Morgan fingerprint density at radius 2 is 1.62 bits per heavy atom. The van der Waals surface area contributed by atoms with E-state index in [9.17, 15) is 25.0 Å². The van der Waals surface area contributed by atoms with Gasteiger partial charge in [0.25, 0.3) is 11.4 Å². The van der Waals surface area contributed by atoms with Crippen LogP contribution in [0.25, 0.3) is 0 Å². The number of anilines is 1. The predicted molar refractivity (Wildman–Crippen MR) is 107 cm³/mol. The van der Waals surface area contributed by atoms with Gasteiger partial charge in [-0.05, 0) is 33.3 Å². The zero-order valence-electron chi connectivity index (χ0n) is 16.6. The van der Waals surface area contributed by atoms with Gasteiger partial charge in [0.1, 0.15) is 5.69 Å². The maximum Gasteiger partial charge on any atom is 0.500 e. The number of nitro benzene ring substituents is 2. The summed E-state index contributed by atoms with van der Waals surface area (Å²) in [4.78, 5) is 32.4. The number of carbonyl (C=O) groups is 1. The second-order valence-corrected chi connectivity index (χ2v) is 8.41. The van der Waals surface area contributed by atoms with Crippen LogP contribution in [0.4, 0.5) is 21.9 Å². The summed E-state index contributed by atoms with van der Waals surface area (Å²) in [5.74, 6) is 0. The minimum Gasteiger partial charge on any atom is -0.374 e. The number of carbonyl (C=O) groups excluding carboxylic acids is 1. The molecule has 0 aliphatic carbocycles. The number of nitrogens with one attached hydrogen (secondary N) is 2. The van der Waals surface area contributed by atoms with Gasteiger partial charge in [0, 0.05) is 38.5 Å². The van der Waals surface area contributed by atoms with E-state index in [0.717, 1.165) is 18.2 Å². The van der Waals surface area contributed by atoms with Gasteiger partial charge in [-0.15, -0.1) is 0 Å². The van der Waals surface area contributed by atoms with Crippen molar-refractivity contribution < 1.29 is 27.9 Å². The summed E-state index contributed by atoms with van der Waals surface area (Å²) in [7, 11) is -2.81. The standard InChI is InChI=1S/C16H26N4O8Si/c1-4-26-29(27-5-2,28-6-3)11-7-10-17-16(21)18-14-9-8-13(19(22)23)12-15(14)20(24)25/h8-9,12H,4-7,10-11H2,1-3H3,(H2,17,18,21). The third-order valence-electron chi connectivity index (χ3n) is 3.68. The number of urea groups is 1. The van der Waals surface area contributed by atoms with E-state index in [4.69, 9.17) is 13.3 Å². The van der Waals surface area contributed by atoms with E-state index in [1.165, 1.54) is 0 Å². The van der Waals surface area contributed by atoms with E-state index in [2.05, 4.69) is 10.6 Å². The van der Waals surface area contributed by atoms with Crippen molar-refractivity contribution in [1.82, 2.24) is 5.32 Å². The van der Waals surface area contributed by atoms with E-state index in [1.54, 1.807) is 0 Å². The fraction of sp³-hybridized carbons (Fsp3) is 0.562. The highest BCUT2D eigenvalue weighted by atomic mass is 28.4. The van der Waals surface area contributed by atoms with Crippen molar-refractivity contribution in [2.75, 3.05) is 31.7 Å². The molecule has 0 saturated carbocycles. The molecule has 0 fully saturated rings. The molecule has 2 N–H and O–H groups in total. The molecule has 162 valence electrons. The van der Waals surface area contributed by atoms with Gasteiger partial charge in [-0.3, -0.25) is 20.2 Å². The van der Waals surface area contributed by atoms with Gasteiger partial charge in [0.15, 0.2) is 0 Å². The van der Waals surface area contributed by atoms with Crippen molar-refractivity contribution in [1.29, 1.82) is 0 Å². The maximum absolute atomic E-state index is 12.0. The number of non-ortho nitro benzene ring substituents is 1. The Bertz CT molecular complexity index is 701. The molecule has 0 bridgehead atoms. The summed E-state index contributed by atoms with van der Waals surface area (Å²) in [5.41, 5.74) is -1.14. The topological polar surface area (TPSA) is 155 Å². The monoisotopic (exact) mass is 430 g/mol. The highest BCUT2D eigenvalue weighted by Gasteiger charge is 2.39. The lowest BCUT2D eigenvalue weighted by Crippen LogP contribution is -2.46. The molecule has 0 heterocycles. The lowest BCUT2D eigenvalue weighted by molar-refractivity contribution is -0.393. The Morgan fingerprint density at radius 3 is 2.10 bits per heavy atom. The van der Waals surface area contributed by atoms with E-state index in [0.29, 0.717) is 32.3 Å². The van der Waals surface area contributed by atoms with Crippen molar-refractivity contribution in [3.05, 3.63) is 38.4 Å². The van der Waals surface area contributed by atoms with Crippen molar-refractivity contribution in [3.8, 4) is 0 Å². The van der Waals surface area contributed by atoms with Crippen molar-refractivity contribution in [3.63, 3.8) is 0 Å². The second-order valence-electron chi connectivity index (χ2n) is 5.68. The Labute approximate surface area is 169 Å². The Kier molecular flexibility index (Phi) is 10.2. The third-order valence-corrected chi connectivity index (χ3v) is 6.83. The van der Waals surface area contributed by atoms with Crippen LogP contribution in [-0.2, 0) is 13.3 Å². The molecule has 13 heteroatoms. The first kappa shape index (κ1) is 24.4. The second kappa shape index (κ2) is 12.1. The molecule has 1 rings (SSSR count). The lowest BCUT2D eigenvalue weighted by Gasteiger charge is -2.28. The number of benzene rings is 1.